The van der Waals surface area contributed by atoms with Gasteiger partial charge in [0.15, 0.2) is 0 Å². The normalized spacial score (nSPS) is 13.1. The number of rotatable bonds is 6. The Morgan fingerprint density at radius 2 is 2.04 bits per heavy atom. The molecule has 9 heteroatoms. The van der Waals surface area contributed by atoms with Crippen molar-refractivity contribution in [3.63, 3.8) is 0 Å². The first-order chi connectivity index (χ1) is 11.2. The van der Waals surface area contributed by atoms with Gasteiger partial charge in [-0.15, -0.1) is 11.3 Å². The molecule has 0 amide bonds. The lowest BCUT2D eigenvalue weighted by Crippen LogP contribution is -2.26. The molecule has 0 aliphatic heterocycles. The molecule has 1 atom stereocenters. The van der Waals surface area contributed by atoms with Crippen LogP contribution in [-0.2, 0) is 6.18 Å². The number of likely N-dealkylation sites (N-methyl/N-ethyl adjacent to an activating group) is 1. The lowest BCUT2D eigenvalue weighted by Gasteiger charge is -2.24. The second kappa shape index (κ2) is 7.18. The van der Waals surface area contributed by atoms with Gasteiger partial charge < -0.3 is 10.2 Å². The van der Waals surface area contributed by atoms with Crippen LogP contribution in [0, 0.1) is 10.1 Å². The van der Waals surface area contributed by atoms with Crippen LogP contribution in [0.4, 0.5) is 24.5 Å². The number of thiophene rings is 1. The quantitative estimate of drug-likeness (QED) is 0.614. The zero-order valence-electron chi connectivity index (χ0n) is 13.0. The van der Waals surface area contributed by atoms with Gasteiger partial charge in [0.1, 0.15) is 5.69 Å². The summed E-state index contributed by atoms with van der Waals surface area (Å²) < 4.78 is 38.2. The topological polar surface area (TPSA) is 58.4 Å². The number of hydrogen-bond acceptors (Lipinski definition) is 5. The lowest BCUT2D eigenvalue weighted by atomic mass is 10.1. The van der Waals surface area contributed by atoms with Crippen molar-refractivity contribution in [1.29, 1.82) is 0 Å². The molecule has 0 saturated carbocycles. The van der Waals surface area contributed by atoms with Gasteiger partial charge >= 0.3 is 6.18 Å². The van der Waals surface area contributed by atoms with Gasteiger partial charge in [-0.3, -0.25) is 10.1 Å². The number of nitro groups is 1. The van der Waals surface area contributed by atoms with Crippen molar-refractivity contribution in [2.45, 2.75) is 12.2 Å². The Morgan fingerprint density at radius 3 is 2.54 bits per heavy atom. The Hall–Kier alpha value is -2.13. The highest BCUT2D eigenvalue weighted by Crippen LogP contribution is 2.35. The highest BCUT2D eigenvalue weighted by molar-refractivity contribution is 7.10. The first-order valence-corrected chi connectivity index (χ1v) is 7.87. The van der Waals surface area contributed by atoms with Crippen LogP contribution >= 0.6 is 11.3 Å². The average Bonchev–Trinajstić information content (AvgIpc) is 3.00. The fraction of sp³-hybridized carbons (Fsp3) is 0.333. The third kappa shape index (κ3) is 4.24. The maximum Gasteiger partial charge on any atom is 0.416 e. The van der Waals surface area contributed by atoms with Crippen molar-refractivity contribution < 1.29 is 18.1 Å². The first-order valence-electron chi connectivity index (χ1n) is 6.99. The number of halogens is 3. The summed E-state index contributed by atoms with van der Waals surface area (Å²) in [6.45, 7) is 0.333. The van der Waals surface area contributed by atoms with Crippen LogP contribution in [0.15, 0.2) is 35.7 Å². The Kier molecular flexibility index (Phi) is 5.45. The molecule has 0 saturated heterocycles. The van der Waals surface area contributed by atoms with Gasteiger partial charge in [-0.25, -0.2) is 0 Å². The first kappa shape index (κ1) is 18.2. The Bertz CT molecular complexity index is 702. The highest BCUT2D eigenvalue weighted by atomic mass is 32.1. The lowest BCUT2D eigenvalue weighted by molar-refractivity contribution is -0.384. The molecule has 130 valence electrons. The molecule has 0 spiro atoms. The van der Waals surface area contributed by atoms with E-state index in [1.807, 2.05) is 36.5 Å². The molecule has 1 N–H and O–H groups in total. The molecule has 0 aliphatic carbocycles. The van der Waals surface area contributed by atoms with E-state index >= 15 is 0 Å². The summed E-state index contributed by atoms with van der Waals surface area (Å²) in [6, 6.07) is 6.28. The standard InChI is InChI=1S/C15H16F3N3O2S/c1-20(2)13(14-4-3-7-24-14)9-19-11-6-5-10(15(16,17)18)8-12(11)21(22)23/h3-8,13,19H,9H2,1-2H3/t13-/m1/s1. The average molecular weight is 359 g/mol. The Balaban J connectivity index is 2.24. The molecule has 1 heterocycles. The number of nitro benzene ring substituents is 1. The Labute approximate surface area is 140 Å². The summed E-state index contributed by atoms with van der Waals surface area (Å²) in [4.78, 5) is 13.3. The SMILES string of the molecule is CN(C)[C@H](CNc1ccc(C(F)(F)F)cc1[N+](=O)[O-])c1cccs1. The number of hydrogen-bond donors (Lipinski definition) is 1. The number of alkyl halides is 3. The largest absolute Gasteiger partial charge is 0.416 e. The van der Waals surface area contributed by atoms with Crippen LogP contribution in [0.2, 0.25) is 0 Å². The number of benzene rings is 1. The summed E-state index contributed by atoms with van der Waals surface area (Å²) in [5.41, 5.74) is -1.56. The maximum atomic E-state index is 12.7. The van der Waals surface area contributed by atoms with Crippen molar-refractivity contribution in [1.82, 2.24) is 4.90 Å². The molecule has 0 unspecified atom stereocenters. The number of nitrogens with zero attached hydrogens (tertiary/aromatic N) is 2. The van der Waals surface area contributed by atoms with E-state index in [1.165, 1.54) is 0 Å². The van der Waals surface area contributed by atoms with E-state index < -0.39 is 22.4 Å². The molecule has 5 nitrogen and oxygen atoms in total. The molecular weight excluding hydrogens is 343 g/mol. The molecular formula is C15H16F3N3O2S. The summed E-state index contributed by atoms with van der Waals surface area (Å²) >= 11 is 1.55. The van der Waals surface area contributed by atoms with E-state index in [0.717, 1.165) is 17.0 Å². The zero-order chi connectivity index (χ0) is 17.9. The van der Waals surface area contributed by atoms with Crippen LogP contribution in [0.5, 0.6) is 0 Å². The van der Waals surface area contributed by atoms with E-state index in [1.54, 1.807) is 11.3 Å². The summed E-state index contributed by atoms with van der Waals surface area (Å²) in [5.74, 6) is 0. The fourth-order valence-electron chi connectivity index (χ4n) is 2.23. The monoisotopic (exact) mass is 359 g/mol. The van der Waals surface area contributed by atoms with Gasteiger partial charge in [-0.2, -0.15) is 13.2 Å². The van der Waals surface area contributed by atoms with Crippen molar-refractivity contribution >= 4 is 22.7 Å². The summed E-state index contributed by atoms with van der Waals surface area (Å²) in [6.07, 6.45) is -4.62. The van der Waals surface area contributed by atoms with Crippen LogP contribution < -0.4 is 5.32 Å². The Morgan fingerprint density at radius 1 is 1.33 bits per heavy atom. The van der Waals surface area contributed by atoms with Crippen LogP contribution in [-0.4, -0.2) is 30.5 Å². The highest BCUT2D eigenvalue weighted by Gasteiger charge is 2.33. The minimum atomic E-state index is -4.62. The van der Waals surface area contributed by atoms with Gasteiger partial charge in [0.25, 0.3) is 5.69 Å². The predicted molar refractivity (Wildman–Crippen MR) is 87.3 cm³/mol. The summed E-state index contributed by atoms with van der Waals surface area (Å²) in [7, 11) is 3.74. The third-order valence-electron chi connectivity index (χ3n) is 3.50. The second-order valence-electron chi connectivity index (χ2n) is 5.36. The minimum Gasteiger partial charge on any atom is -0.378 e. The van der Waals surface area contributed by atoms with Gasteiger partial charge in [0.05, 0.1) is 16.5 Å². The molecule has 24 heavy (non-hydrogen) atoms. The van der Waals surface area contributed by atoms with E-state index in [2.05, 4.69) is 5.32 Å². The van der Waals surface area contributed by atoms with E-state index in [0.29, 0.717) is 12.6 Å². The third-order valence-corrected chi connectivity index (χ3v) is 4.48. The van der Waals surface area contributed by atoms with Crippen molar-refractivity contribution in [2.75, 3.05) is 26.0 Å². The summed E-state index contributed by atoms with van der Waals surface area (Å²) in [5, 5.41) is 15.9. The zero-order valence-corrected chi connectivity index (χ0v) is 13.8. The molecule has 2 rings (SSSR count). The smallest absolute Gasteiger partial charge is 0.378 e. The molecule has 0 radical (unpaired) electrons. The molecule has 0 aliphatic rings. The van der Waals surface area contributed by atoms with Crippen LogP contribution in [0.3, 0.4) is 0 Å². The van der Waals surface area contributed by atoms with Crippen molar-refractivity contribution in [2.24, 2.45) is 0 Å². The molecule has 0 fully saturated rings. The second-order valence-corrected chi connectivity index (χ2v) is 6.34. The maximum absolute atomic E-state index is 12.7. The van der Waals surface area contributed by atoms with E-state index in [-0.39, 0.29) is 11.7 Å². The van der Waals surface area contributed by atoms with Crippen molar-refractivity contribution in [3.8, 4) is 0 Å². The van der Waals surface area contributed by atoms with Crippen LogP contribution in [0.1, 0.15) is 16.5 Å². The molecule has 1 aromatic carbocycles. The van der Waals surface area contributed by atoms with E-state index in [4.69, 9.17) is 0 Å². The number of anilines is 1. The minimum absolute atomic E-state index is 0.0492. The molecule has 2 aromatic rings. The van der Waals surface area contributed by atoms with Gasteiger partial charge in [-0.1, -0.05) is 6.07 Å². The van der Waals surface area contributed by atoms with E-state index in [9.17, 15) is 23.3 Å². The predicted octanol–water partition coefficient (Wildman–Crippen LogP) is 4.39. The fourth-order valence-corrected chi connectivity index (χ4v) is 3.16. The van der Waals surface area contributed by atoms with Gasteiger partial charge in [0, 0.05) is 17.5 Å². The van der Waals surface area contributed by atoms with Crippen molar-refractivity contribution in [3.05, 3.63) is 56.3 Å². The van der Waals surface area contributed by atoms with Gasteiger partial charge in [-0.05, 0) is 37.7 Å². The molecule has 0 bridgehead atoms. The molecule has 1 aromatic heterocycles. The number of nitrogens with one attached hydrogen (secondary N) is 1. The van der Waals surface area contributed by atoms with Gasteiger partial charge in [0.2, 0.25) is 0 Å². The van der Waals surface area contributed by atoms with Crippen LogP contribution in [0.25, 0.3) is 0 Å².